The van der Waals surface area contributed by atoms with E-state index in [-0.39, 0.29) is 5.56 Å². The number of aryl methyl sites for hydroxylation is 1. The fourth-order valence-corrected chi connectivity index (χ4v) is 1.62. The van der Waals surface area contributed by atoms with Gasteiger partial charge >= 0.3 is 6.03 Å². The summed E-state index contributed by atoms with van der Waals surface area (Å²) in [6, 6.07) is 9.93. The van der Waals surface area contributed by atoms with Crippen molar-refractivity contribution in [2.75, 3.05) is 5.32 Å². The molecule has 0 saturated carbocycles. The number of rotatable bonds is 2. The number of nitrogens with two attached hydrogens (primary N) is 1. The first-order valence-electron chi connectivity index (χ1n) is 5.40. The Bertz CT molecular complexity index is 629. The maximum atomic E-state index is 11.5. The smallest absolute Gasteiger partial charge is 0.316 e. The van der Waals surface area contributed by atoms with Gasteiger partial charge in [-0.2, -0.15) is 0 Å². The Morgan fingerprint density at radius 1 is 1.17 bits per heavy atom. The zero-order chi connectivity index (χ0) is 13.1. The number of nitrogens with one attached hydrogen (secondary N) is 1. The lowest BCUT2D eigenvalue weighted by Gasteiger charge is -2.05. The van der Waals surface area contributed by atoms with Crippen molar-refractivity contribution in [2.45, 2.75) is 0 Å². The SMILES string of the molecule is Cn1ccc(-c2ccc(NC(N)=O)cc2)cc1=O. The summed E-state index contributed by atoms with van der Waals surface area (Å²) in [4.78, 5) is 22.2. The number of aromatic nitrogens is 1. The first kappa shape index (κ1) is 11.9. The summed E-state index contributed by atoms with van der Waals surface area (Å²) in [6.45, 7) is 0. The van der Waals surface area contributed by atoms with Crippen molar-refractivity contribution in [1.82, 2.24) is 4.57 Å². The Morgan fingerprint density at radius 3 is 2.39 bits per heavy atom. The molecule has 2 amide bonds. The topological polar surface area (TPSA) is 77.1 Å². The zero-order valence-electron chi connectivity index (χ0n) is 9.88. The standard InChI is InChI=1S/C13H13N3O2/c1-16-7-6-10(8-12(16)17)9-2-4-11(5-3-9)15-13(14)18/h2-8H,1H3,(H3,14,15,18). The van der Waals surface area contributed by atoms with E-state index in [1.54, 1.807) is 31.4 Å². The number of hydrogen-bond acceptors (Lipinski definition) is 2. The van der Waals surface area contributed by atoms with Crippen molar-refractivity contribution in [3.8, 4) is 11.1 Å². The number of benzene rings is 1. The van der Waals surface area contributed by atoms with E-state index in [2.05, 4.69) is 5.32 Å². The van der Waals surface area contributed by atoms with Gasteiger partial charge in [0.25, 0.3) is 5.56 Å². The Morgan fingerprint density at radius 2 is 1.83 bits per heavy atom. The predicted molar refractivity (Wildman–Crippen MR) is 70.3 cm³/mol. The first-order chi connectivity index (χ1) is 8.56. The number of primary amides is 1. The summed E-state index contributed by atoms with van der Waals surface area (Å²) in [6.07, 6.45) is 1.72. The molecule has 5 heteroatoms. The van der Waals surface area contributed by atoms with Crippen LogP contribution in [0.1, 0.15) is 0 Å². The number of carbonyl (C=O) groups excluding carboxylic acids is 1. The van der Waals surface area contributed by atoms with Crippen molar-refractivity contribution in [2.24, 2.45) is 12.8 Å². The van der Waals surface area contributed by atoms with Gasteiger partial charge in [-0.1, -0.05) is 12.1 Å². The van der Waals surface area contributed by atoms with Gasteiger partial charge in [0, 0.05) is 25.0 Å². The van der Waals surface area contributed by atoms with Crippen LogP contribution in [0.25, 0.3) is 11.1 Å². The molecule has 0 aliphatic heterocycles. The first-order valence-corrected chi connectivity index (χ1v) is 5.40. The van der Waals surface area contributed by atoms with Gasteiger partial charge in [0.1, 0.15) is 0 Å². The summed E-state index contributed by atoms with van der Waals surface area (Å²) < 4.78 is 1.51. The normalized spacial score (nSPS) is 10.1. The van der Waals surface area contributed by atoms with E-state index < -0.39 is 6.03 Å². The Labute approximate surface area is 104 Å². The largest absolute Gasteiger partial charge is 0.351 e. The van der Waals surface area contributed by atoms with Crippen molar-refractivity contribution in [1.29, 1.82) is 0 Å². The Kier molecular flexibility index (Phi) is 3.14. The van der Waals surface area contributed by atoms with Gasteiger partial charge in [0.15, 0.2) is 0 Å². The zero-order valence-corrected chi connectivity index (χ0v) is 9.88. The third-order valence-electron chi connectivity index (χ3n) is 2.59. The van der Waals surface area contributed by atoms with Gasteiger partial charge in [-0.05, 0) is 29.3 Å². The molecule has 0 aliphatic carbocycles. The third kappa shape index (κ3) is 2.57. The Hall–Kier alpha value is -2.56. The molecular weight excluding hydrogens is 230 g/mol. The van der Waals surface area contributed by atoms with Gasteiger partial charge in [-0.15, -0.1) is 0 Å². The number of pyridine rings is 1. The molecule has 92 valence electrons. The van der Waals surface area contributed by atoms with Crippen LogP contribution in [0.5, 0.6) is 0 Å². The summed E-state index contributed by atoms with van der Waals surface area (Å²) >= 11 is 0. The monoisotopic (exact) mass is 243 g/mol. The minimum Gasteiger partial charge on any atom is -0.351 e. The number of hydrogen-bond donors (Lipinski definition) is 2. The van der Waals surface area contributed by atoms with Crippen molar-refractivity contribution in [3.63, 3.8) is 0 Å². The van der Waals surface area contributed by atoms with E-state index in [0.717, 1.165) is 11.1 Å². The predicted octanol–water partition coefficient (Wildman–Crippen LogP) is 1.54. The molecule has 2 rings (SSSR count). The highest BCUT2D eigenvalue weighted by Gasteiger charge is 2.01. The summed E-state index contributed by atoms with van der Waals surface area (Å²) in [5.41, 5.74) is 7.32. The minimum absolute atomic E-state index is 0.0631. The van der Waals surface area contributed by atoms with Gasteiger partial charge < -0.3 is 15.6 Å². The van der Waals surface area contributed by atoms with E-state index in [4.69, 9.17) is 5.73 Å². The van der Waals surface area contributed by atoms with Crippen molar-refractivity contribution >= 4 is 11.7 Å². The molecule has 0 saturated heterocycles. The fourth-order valence-electron chi connectivity index (χ4n) is 1.62. The van der Waals surface area contributed by atoms with Crippen LogP contribution in [0.2, 0.25) is 0 Å². The van der Waals surface area contributed by atoms with Gasteiger partial charge in [0.2, 0.25) is 0 Å². The quantitative estimate of drug-likeness (QED) is 0.839. The molecule has 1 aromatic carbocycles. The molecule has 2 aromatic rings. The van der Waals surface area contributed by atoms with Crippen LogP contribution in [-0.2, 0) is 7.05 Å². The molecule has 0 aliphatic rings. The average Bonchev–Trinajstić information content (AvgIpc) is 2.33. The molecule has 0 bridgehead atoms. The van der Waals surface area contributed by atoms with Crippen LogP contribution in [0, 0.1) is 0 Å². The highest BCUT2D eigenvalue weighted by Crippen LogP contribution is 2.19. The van der Waals surface area contributed by atoms with E-state index in [1.807, 2.05) is 18.2 Å². The summed E-state index contributed by atoms with van der Waals surface area (Å²) in [5, 5.41) is 2.48. The lowest BCUT2D eigenvalue weighted by atomic mass is 10.1. The lowest BCUT2D eigenvalue weighted by Crippen LogP contribution is -2.19. The Balaban J connectivity index is 2.31. The molecular formula is C13H13N3O2. The second kappa shape index (κ2) is 4.75. The van der Waals surface area contributed by atoms with Crippen LogP contribution in [0.4, 0.5) is 10.5 Å². The molecule has 0 spiro atoms. The van der Waals surface area contributed by atoms with E-state index in [1.165, 1.54) is 4.57 Å². The van der Waals surface area contributed by atoms with Gasteiger partial charge in [-0.3, -0.25) is 4.79 Å². The molecule has 5 nitrogen and oxygen atoms in total. The van der Waals surface area contributed by atoms with Crippen LogP contribution in [0.15, 0.2) is 47.4 Å². The minimum atomic E-state index is -0.601. The number of nitrogens with zero attached hydrogens (tertiary/aromatic N) is 1. The van der Waals surface area contributed by atoms with E-state index in [0.29, 0.717) is 5.69 Å². The molecule has 18 heavy (non-hydrogen) atoms. The van der Waals surface area contributed by atoms with Crippen molar-refractivity contribution in [3.05, 3.63) is 52.9 Å². The molecule has 0 radical (unpaired) electrons. The highest BCUT2D eigenvalue weighted by molar-refractivity contribution is 5.88. The maximum Gasteiger partial charge on any atom is 0.316 e. The summed E-state index contributed by atoms with van der Waals surface area (Å²) in [5.74, 6) is 0. The molecule has 0 fully saturated rings. The van der Waals surface area contributed by atoms with Crippen LogP contribution < -0.4 is 16.6 Å². The second-order valence-corrected chi connectivity index (χ2v) is 3.93. The van der Waals surface area contributed by atoms with Gasteiger partial charge in [0.05, 0.1) is 0 Å². The number of amides is 2. The fraction of sp³-hybridized carbons (Fsp3) is 0.0769. The molecule has 3 N–H and O–H groups in total. The number of urea groups is 1. The van der Waals surface area contributed by atoms with Crippen LogP contribution in [0.3, 0.4) is 0 Å². The summed E-state index contributed by atoms with van der Waals surface area (Å²) in [7, 11) is 1.70. The van der Waals surface area contributed by atoms with E-state index in [9.17, 15) is 9.59 Å². The van der Waals surface area contributed by atoms with Gasteiger partial charge in [-0.25, -0.2) is 4.79 Å². The van der Waals surface area contributed by atoms with Crippen LogP contribution >= 0.6 is 0 Å². The number of anilines is 1. The van der Waals surface area contributed by atoms with Crippen molar-refractivity contribution < 1.29 is 4.79 Å². The second-order valence-electron chi connectivity index (χ2n) is 3.93. The maximum absolute atomic E-state index is 11.5. The highest BCUT2D eigenvalue weighted by atomic mass is 16.2. The molecule has 0 atom stereocenters. The molecule has 1 aromatic heterocycles. The number of carbonyl (C=O) groups is 1. The lowest BCUT2D eigenvalue weighted by molar-refractivity contribution is 0.259. The van der Waals surface area contributed by atoms with E-state index >= 15 is 0 Å². The van der Waals surface area contributed by atoms with Crippen LogP contribution in [-0.4, -0.2) is 10.6 Å². The molecule has 1 heterocycles. The average molecular weight is 243 g/mol. The molecule has 0 unspecified atom stereocenters. The third-order valence-corrected chi connectivity index (χ3v) is 2.59.